The summed E-state index contributed by atoms with van der Waals surface area (Å²) < 4.78 is 1.28. The number of imidazole rings is 1. The van der Waals surface area contributed by atoms with Gasteiger partial charge in [0.2, 0.25) is 5.91 Å². The van der Waals surface area contributed by atoms with Gasteiger partial charge in [0.25, 0.3) is 5.91 Å². The van der Waals surface area contributed by atoms with E-state index >= 15 is 0 Å². The zero-order valence-electron chi connectivity index (χ0n) is 8.54. The average molecular weight is 219 g/mol. The first-order chi connectivity index (χ1) is 7.68. The van der Waals surface area contributed by atoms with Crippen LogP contribution < -0.4 is 5.32 Å². The molecule has 2 rings (SSSR count). The molecule has 0 spiro atoms. The Morgan fingerprint density at radius 2 is 2.25 bits per heavy atom. The molecule has 1 amide bonds. The van der Waals surface area contributed by atoms with Crippen molar-refractivity contribution in [3.05, 3.63) is 18.9 Å². The lowest BCUT2D eigenvalue weighted by Crippen LogP contribution is -2.30. The second-order valence-corrected chi connectivity index (χ2v) is 3.15. The minimum atomic E-state index is -0.295. The van der Waals surface area contributed by atoms with Crippen molar-refractivity contribution in [3.63, 3.8) is 0 Å². The minimum absolute atomic E-state index is 0.0786. The fourth-order valence-electron chi connectivity index (χ4n) is 1.23. The summed E-state index contributed by atoms with van der Waals surface area (Å²) in [7, 11) is 0. The average Bonchev–Trinajstić information content (AvgIpc) is 2.69. The highest BCUT2D eigenvalue weighted by Gasteiger charge is 2.10. The fourth-order valence-corrected chi connectivity index (χ4v) is 1.23. The normalized spacial score (nSPS) is 10.3. The molecule has 0 aliphatic carbocycles. The van der Waals surface area contributed by atoms with Gasteiger partial charge >= 0.3 is 0 Å². The quantitative estimate of drug-likeness (QED) is 0.742. The Balaban J connectivity index is 2.26. The van der Waals surface area contributed by atoms with Gasteiger partial charge in [0, 0.05) is 6.92 Å². The lowest BCUT2D eigenvalue weighted by Gasteiger charge is -2.02. The molecule has 2 aromatic rings. The highest BCUT2D eigenvalue weighted by Crippen LogP contribution is 2.06. The third-order valence-corrected chi connectivity index (χ3v) is 1.97. The van der Waals surface area contributed by atoms with Gasteiger partial charge in [-0.15, -0.1) is 0 Å². The number of hydrogen-bond donors (Lipinski definition) is 1. The van der Waals surface area contributed by atoms with E-state index in [1.807, 2.05) is 0 Å². The van der Waals surface area contributed by atoms with Crippen LogP contribution in [0.25, 0.3) is 11.2 Å². The second kappa shape index (κ2) is 4.05. The van der Waals surface area contributed by atoms with Gasteiger partial charge in [-0.25, -0.2) is 15.0 Å². The first kappa shape index (κ1) is 10.2. The number of rotatable bonds is 2. The van der Waals surface area contributed by atoms with Crippen LogP contribution in [0.1, 0.15) is 11.7 Å². The van der Waals surface area contributed by atoms with Crippen molar-refractivity contribution in [1.82, 2.24) is 24.8 Å². The topological polar surface area (TPSA) is 89.8 Å². The van der Waals surface area contributed by atoms with Crippen LogP contribution in [0.15, 0.2) is 18.9 Å². The molecule has 0 fully saturated rings. The summed E-state index contributed by atoms with van der Waals surface area (Å²) in [5, 5.41) is 2.42. The van der Waals surface area contributed by atoms with E-state index < -0.39 is 0 Å². The molecule has 0 unspecified atom stereocenters. The molecule has 0 saturated carbocycles. The van der Waals surface area contributed by atoms with E-state index in [4.69, 9.17) is 0 Å². The smallest absolute Gasteiger partial charge is 0.252 e. The summed E-state index contributed by atoms with van der Waals surface area (Å²) in [5.41, 5.74) is 0.976. The van der Waals surface area contributed by atoms with E-state index in [0.29, 0.717) is 11.2 Å². The van der Waals surface area contributed by atoms with Crippen molar-refractivity contribution < 1.29 is 9.59 Å². The van der Waals surface area contributed by atoms with E-state index in [9.17, 15) is 9.59 Å². The molecule has 0 aliphatic heterocycles. The van der Waals surface area contributed by atoms with E-state index in [1.54, 1.807) is 0 Å². The van der Waals surface area contributed by atoms with E-state index in [-0.39, 0.29) is 18.4 Å². The summed E-state index contributed by atoms with van der Waals surface area (Å²) in [6, 6.07) is 0. The van der Waals surface area contributed by atoms with Gasteiger partial charge in [-0.2, -0.15) is 0 Å². The van der Waals surface area contributed by atoms with Crippen LogP contribution in [0, 0.1) is 0 Å². The van der Waals surface area contributed by atoms with E-state index in [1.165, 1.54) is 30.3 Å². The van der Waals surface area contributed by atoms with Crippen LogP contribution in [0.3, 0.4) is 0 Å². The van der Waals surface area contributed by atoms with Crippen molar-refractivity contribution in [2.45, 2.75) is 6.92 Å². The Morgan fingerprint density at radius 1 is 1.44 bits per heavy atom. The third-order valence-electron chi connectivity index (χ3n) is 1.97. The van der Waals surface area contributed by atoms with Gasteiger partial charge in [0.1, 0.15) is 18.2 Å². The monoisotopic (exact) mass is 219 g/mol. The Kier molecular flexibility index (Phi) is 2.59. The number of nitrogens with zero attached hydrogens (tertiary/aromatic N) is 4. The molecular weight excluding hydrogens is 210 g/mol. The van der Waals surface area contributed by atoms with Crippen LogP contribution in [0.5, 0.6) is 0 Å². The number of amides is 1. The first-order valence-corrected chi connectivity index (χ1v) is 4.59. The van der Waals surface area contributed by atoms with Crippen molar-refractivity contribution in [1.29, 1.82) is 0 Å². The maximum Gasteiger partial charge on any atom is 0.252 e. The first-order valence-electron chi connectivity index (χ1n) is 4.59. The van der Waals surface area contributed by atoms with Crippen molar-refractivity contribution in [2.75, 3.05) is 6.54 Å². The zero-order valence-corrected chi connectivity index (χ0v) is 8.54. The molecule has 82 valence electrons. The molecule has 0 atom stereocenters. The molecular formula is C9H9N5O2. The Hall–Kier alpha value is -2.31. The summed E-state index contributed by atoms with van der Waals surface area (Å²) in [5.74, 6) is -0.552. The molecule has 0 aromatic carbocycles. The summed E-state index contributed by atoms with van der Waals surface area (Å²) in [6.07, 6.45) is 4.22. The Morgan fingerprint density at radius 3 is 3.00 bits per heavy atom. The number of aromatic nitrogens is 4. The lowest BCUT2D eigenvalue weighted by atomic mass is 10.5. The van der Waals surface area contributed by atoms with Crippen molar-refractivity contribution >= 4 is 23.0 Å². The van der Waals surface area contributed by atoms with Gasteiger partial charge in [-0.3, -0.25) is 14.2 Å². The van der Waals surface area contributed by atoms with Gasteiger partial charge in [0.05, 0.1) is 12.7 Å². The SMILES string of the molecule is CC(=O)NCC(=O)n1cnc2cncnc21. The maximum absolute atomic E-state index is 11.7. The highest BCUT2D eigenvalue weighted by atomic mass is 16.2. The fraction of sp³-hybridized carbons (Fsp3) is 0.222. The van der Waals surface area contributed by atoms with Gasteiger partial charge in [0.15, 0.2) is 5.65 Å². The molecule has 0 aliphatic rings. The number of nitrogens with one attached hydrogen (secondary N) is 1. The predicted octanol–water partition coefficient (Wildman–Crippen LogP) is -0.397. The largest absolute Gasteiger partial charge is 0.347 e. The molecule has 1 N–H and O–H groups in total. The standard InChI is InChI=1S/C9H9N5O2/c1-6(15)11-3-8(16)14-5-13-7-2-10-4-12-9(7)14/h2,4-5H,3H2,1H3,(H,11,15). The summed E-state index contributed by atoms with van der Waals surface area (Å²) in [4.78, 5) is 34.0. The second-order valence-electron chi connectivity index (χ2n) is 3.15. The molecule has 16 heavy (non-hydrogen) atoms. The zero-order chi connectivity index (χ0) is 11.5. The molecule has 7 nitrogen and oxygen atoms in total. The van der Waals surface area contributed by atoms with E-state index in [2.05, 4.69) is 20.3 Å². The molecule has 0 saturated heterocycles. The third kappa shape index (κ3) is 1.88. The van der Waals surface area contributed by atoms with Gasteiger partial charge < -0.3 is 5.32 Å². The summed E-state index contributed by atoms with van der Waals surface area (Å²) >= 11 is 0. The molecule has 2 heterocycles. The van der Waals surface area contributed by atoms with Crippen LogP contribution >= 0.6 is 0 Å². The Labute approximate surface area is 90.5 Å². The number of carbonyl (C=O) groups excluding carboxylic acids is 2. The number of carbonyl (C=O) groups is 2. The van der Waals surface area contributed by atoms with Gasteiger partial charge in [-0.05, 0) is 0 Å². The number of fused-ring (bicyclic) bond motifs is 1. The van der Waals surface area contributed by atoms with Crippen LogP contribution in [-0.2, 0) is 4.79 Å². The lowest BCUT2D eigenvalue weighted by molar-refractivity contribution is -0.118. The molecule has 0 bridgehead atoms. The molecule has 7 heteroatoms. The Bertz CT molecular complexity index is 548. The van der Waals surface area contributed by atoms with Crippen LogP contribution in [0.4, 0.5) is 0 Å². The highest BCUT2D eigenvalue weighted by molar-refractivity contribution is 5.91. The minimum Gasteiger partial charge on any atom is -0.347 e. The van der Waals surface area contributed by atoms with Crippen LogP contribution in [0.2, 0.25) is 0 Å². The molecule has 2 aromatic heterocycles. The van der Waals surface area contributed by atoms with E-state index in [0.717, 1.165) is 0 Å². The van der Waals surface area contributed by atoms with Crippen molar-refractivity contribution in [3.8, 4) is 0 Å². The van der Waals surface area contributed by atoms with Crippen molar-refractivity contribution in [2.24, 2.45) is 0 Å². The summed E-state index contributed by atoms with van der Waals surface area (Å²) in [6.45, 7) is 1.27. The van der Waals surface area contributed by atoms with Crippen LogP contribution in [-0.4, -0.2) is 37.9 Å². The number of hydrogen-bond acceptors (Lipinski definition) is 5. The van der Waals surface area contributed by atoms with Gasteiger partial charge in [-0.1, -0.05) is 0 Å². The maximum atomic E-state index is 11.7. The molecule has 0 radical (unpaired) electrons. The predicted molar refractivity (Wildman–Crippen MR) is 54.6 cm³/mol.